The van der Waals surface area contributed by atoms with Crippen LogP contribution in [-0.2, 0) is 0 Å². The molecule has 14 heteroatoms. The fourth-order valence-corrected chi connectivity index (χ4v) is 4.32. The van der Waals surface area contributed by atoms with Gasteiger partial charge < -0.3 is 20.0 Å². The molecule has 0 saturated carbocycles. The topological polar surface area (TPSA) is 149 Å². The second kappa shape index (κ2) is 11.4. The van der Waals surface area contributed by atoms with Crippen LogP contribution in [-0.4, -0.2) is 126 Å². The molecular formula is C24H32N10O4. The number of carboxylic acid groups (broad SMARTS) is 2. The van der Waals surface area contributed by atoms with E-state index in [1.165, 1.54) is 23.9 Å². The highest BCUT2D eigenvalue weighted by molar-refractivity contribution is 5.75. The average molecular weight is 525 g/mol. The lowest BCUT2D eigenvalue weighted by Gasteiger charge is -2.40. The predicted octanol–water partition coefficient (Wildman–Crippen LogP) is 1.96. The van der Waals surface area contributed by atoms with Gasteiger partial charge in [0.2, 0.25) is 0 Å². The van der Waals surface area contributed by atoms with Crippen molar-refractivity contribution in [3.8, 4) is 0 Å². The van der Waals surface area contributed by atoms with Crippen LogP contribution in [0.2, 0.25) is 0 Å². The highest BCUT2D eigenvalue weighted by atomic mass is 16.4. The first kappa shape index (κ1) is 26.8. The molecule has 38 heavy (non-hydrogen) atoms. The summed E-state index contributed by atoms with van der Waals surface area (Å²) < 4.78 is 3.60. The number of nitrogens with zero attached hydrogens (tertiary/aromatic N) is 10. The lowest BCUT2D eigenvalue weighted by atomic mass is 10.2. The molecule has 0 saturated heterocycles. The minimum absolute atomic E-state index is 0.255. The van der Waals surface area contributed by atoms with Crippen LogP contribution in [0.3, 0.4) is 0 Å². The highest BCUT2D eigenvalue weighted by Gasteiger charge is 2.36. The molecule has 2 aromatic heterocycles. The van der Waals surface area contributed by atoms with Gasteiger partial charge in [-0.3, -0.25) is 9.80 Å². The van der Waals surface area contributed by atoms with E-state index in [4.69, 9.17) is 0 Å². The molecule has 2 amide bonds. The first-order valence-corrected chi connectivity index (χ1v) is 12.1. The van der Waals surface area contributed by atoms with Crippen molar-refractivity contribution >= 4 is 34.3 Å². The van der Waals surface area contributed by atoms with Gasteiger partial charge in [0.05, 0.1) is 11.0 Å². The largest absolute Gasteiger partial charge is 0.465 e. The SMILES string of the molecule is CN(CCN(C)C(C(N(C)CCN(C)C(=O)O)n1nnc2ccccc21)n1nnc2ccccc21)C(=O)O. The van der Waals surface area contributed by atoms with E-state index in [0.717, 1.165) is 11.0 Å². The summed E-state index contributed by atoms with van der Waals surface area (Å²) in [4.78, 5) is 29.4. The van der Waals surface area contributed by atoms with Gasteiger partial charge in [-0.2, -0.15) is 0 Å². The molecule has 4 aromatic rings. The third kappa shape index (κ3) is 5.50. The number of carbonyl (C=O) groups is 2. The van der Waals surface area contributed by atoms with Crippen LogP contribution >= 0.6 is 0 Å². The smallest absolute Gasteiger partial charge is 0.407 e. The molecule has 2 N–H and O–H groups in total. The van der Waals surface area contributed by atoms with Crippen molar-refractivity contribution in [1.29, 1.82) is 0 Å². The van der Waals surface area contributed by atoms with Crippen molar-refractivity contribution in [3.63, 3.8) is 0 Å². The number of hydrogen-bond acceptors (Lipinski definition) is 8. The van der Waals surface area contributed by atoms with Crippen LogP contribution in [0, 0.1) is 0 Å². The Bertz CT molecular complexity index is 1300. The van der Waals surface area contributed by atoms with Gasteiger partial charge in [0.15, 0.2) is 0 Å². The van der Waals surface area contributed by atoms with E-state index < -0.39 is 24.5 Å². The molecule has 202 valence electrons. The second-order valence-electron chi connectivity index (χ2n) is 9.24. The van der Waals surface area contributed by atoms with E-state index in [0.29, 0.717) is 24.1 Å². The lowest BCUT2D eigenvalue weighted by Crippen LogP contribution is -2.48. The van der Waals surface area contributed by atoms with E-state index in [1.54, 1.807) is 9.36 Å². The Morgan fingerprint density at radius 1 is 0.684 bits per heavy atom. The normalized spacial score (nSPS) is 13.3. The Morgan fingerprint density at radius 2 is 1.05 bits per heavy atom. The van der Waals surface area contributed by atoms with Crippen LogP contribution in [0.4, 0.5) is 9.59 Å². The number of fused-ring (bicyclic) bond motifs is 2. The summed E-state index contributed by atoms with van der Waals surface area (Å²) in [6.45, 7) is 1.28. The molecule has 2 unspecified atom stereocenters. The van der Waals surface area contributed by atoms with Gasteiger partial charge >= 0.3 is 12.2 Å². The van der Waals surface area contributed by atoms with Gasteiger partial charge in [-0.15, -0.1) is 10.2 Å². The van der Waals surface area contributed by atoms with Crippen LogP contribution < -0.4 is 0 Å². The quantitative estimate of drug-likeness (QED) is 0.298. The fourth-order valence-electron chi connectivity index (χ4n) is 4.32. The van der Waals surface area contributed by atoms with Crippen molar-refractivity contribution < 1.29 is 19.8 Å². The molecule has 0 bridgehead atoms. The number of hydrogen-bond donors (Lipinski definition) is 2. The molecule has 2 atom stereocenters. The van der Waals surface area contributed by atoms with Gasteiger partial charge in [0.25, 0.3) is 0 Å². The average Bonchev–Trinajstić information content (AvgIpc) is 3.52. The number of aromatic nitrogens is 6. The fraction of sp³-hybridized carbons (Fsp3) is 0.417. The molecule has 0 aliphatic rings. The molecule has 0 aliphatic carbocycles. The zero-order valence-corrected chi connectivity index (χ0v) is 21.8. The Labute approximate surface area is 219 Å². The molecule has 0 radical (unpaired) electrons. The van der Waals surface area contributed by atoms with Crippen LogP contribution in [0.15, 0.2) is 48.5 Å². The van der Waals surface area contributed by atoms with Gasteiger partial charge in [-0.05, 0) is 38.4 Å². The summed E-state index contributed by atoms with van der Waals surface area (Å²) in [5.74, 6) is 0. The maximum Gasteiger partial charge on any atom is 0.407 e. The van der Waals surface area contributed by atoms with E-state index >= 15 is 0 Å². The van der Waals surface area contributed by atoms with Crippen LogP contribution in [0.1, 0.15) is 12.3 Å². The summed E-state index contributed by atoms with van der Waals surface area (Å²) in [5.41, 5.74) is 3.01. The Morgan fingerprint density at radius 3 is 1.42 bits per heavy atom. The first-order chi connectivity index (χ1) is 18.2. The van der Waals surface area contributed by atoms with E-state index in [2.05, 4.69) is 20.6 Å². The molecule has 2 aromatic carbocycles. The van der Waals surface area contributed by atoms with Gasteiger partial charge in [-0.1, -0.05) is 34.7 Å². The predicted molar refractivity (Wildman–Crippen MR) is 140 cm³/mol. The Hall–Kier alpha value is -4.30. The third-order valence-electron chi connectivity index (χ3n) is 6.66. The summed E-state index contributed by atoms with van der Waals surface area (Å²) in [6, 6.07) is 15.2. The van der Waals surface area contributed by atoms with Gasteiger partial charge in [0.1, 0.15) is 23.4 Å². The number of likely N-dealkylation sites (N-methyl/N-ethyl adjacent to an activating group) is 4. The van der Waals surface area contributed by atoms with Crippen LogP contribution in [0.25, 0.3) is 22.1 Å². The molecule has 2 heterocycles. The molecule has 0 fully saturated rings. The molecule has 0 spiro atoms. The van der Waals surface area contributed by atoms with E-state index in [9.17, 15) is 19.8 Å². The van der Waals surface area contributed by atoms with Crippen molar-refractivity contribution in [2.45, 2.75) is 12.3 Å². The maximum absolute atomic E-state index is 11.5. The minimum Gasteiger partial charge on any atom is -0.465 e. The number of amides is 2. The number of benzene rings is 2. The number of para-hydroxylation sites is 2. The summed E-state index contributed by atoms with van der Waals surface area (Å²) in [5, 5.41) is 36.5. The number of rotatable bonds is 11. The molecule has 14 nitrogen and oxygen atoms in total. The Balaban J connectivity index is 1.82. The van der Waals surface area contributed by atoms with Crippen molar-refractivity contribution in [2.24, 2.45) is 0 Å². The highest BCUT2D eigenvalue weighted by Crippen LogP contribution is 2.32. The van der Waals surface area contributed by atoms with Gasteiger partial charge in [0, 0.05) is 40.3 Å². The van der Waals surface area contributed by atoms with E-state index in [1.807, 2.05) is 72.4 Å². The Kier molecular flexibility index (Phi) is 8.02. The summed E-state index contributed by atoms with van der Waals surface area (Å²) in [7, 11) is 6.82. The van der Waals surface area contributed by atoms with Crippen molar-refractivity contribution in [2.75, 3.05) is 54.4 Å². The molecular weight excluding hydrogens is 492 g/mol. The maximum atomic E-state index is 11.5. The van der Waals surface area contributed by atoms with Gasteiger partial charge in [-0.25, -0.2) is 19.0 Å². The monoisotopic (exact) mass is 524 g/mol. The molecule has 4 rings (SSSR count). The zero-order chi connectivity index (χ0) is 27.4. The second-order valence-corrected chi connectivity index (χ2v) is 9.24. The minimum atomic E-state index is -1.02. The van der Waals surface area contributed by atoms with Crippen molar-refractivity contribution in [3.05, 3.63) is 48.5 Å². The summed E-state index contributed by atoms with van der Waals surface area (Å²) in [6.07, 6.45) is -3.08. The third-order valence-corrected chi connectivity index (χ3v) is 6.66. The van der Waals surface area contributed by atoms with E-state index in [-0.39, 0.29) is 13.1 Å². The van der Waals surface area contributed by atoms with Crippen LogP contribution in [0.5, 0.6) is 0 Å². The zero-order valence-electron chi connectivity index (χ0n) is 21.8. The lowest BCUT2D eigenvalue weighted by molar-refractivity contribution is 0.00539. The standard InChI is InChI=1S/C24H32N10O4/c1-29(13-15-31(3)23(35)36)21(33-19-11-7-5-9-17(19)25-27-33)22(30(2)14-16-32(4)24(37)38)34-20-12-8-6-10-18(20)26-28-34/h5-12,21-22H,13-16H2,1-4H3,(H,35,36)(H,37,38). The molecule has 0 aliphatic heterocycles. The summed E-state index contributed by atoms with van der Waals surface area (Å²) >= 11 is 0. The van der Waals surface area contributed by atoms with Crippen molar-refractivity contribution in [1.82, 2.24) is 49.6 Å². The first-order valence-electron chi connectivity index (χ1n) is 12.1.